The minimum absolute atomic E-state index is 0.381. The summed E-state index contributed by atoms with van der Waals surface area (Å²) in [6.45, 7) is 0. The van der Waals surface area contributed by atoms with E-state index in [2.05, 4.69) is 101 Å². The Labute approximate surface area is 173 Å². The number of rotatable bonds is 0. The standard InChI is InChI=1S/C28H18N2/c1-3-10-23-22(7-1)26-17-12-13-21-19-9-5-8-18-16-6-2-4-11-25(16)30(27(18)19)28(21)20(17)14-15-24(26)29-23/h1-15,19,27,29H. The molecule has 30 heavy (non-hydrogen) atoms. The zero-order chi connectivity index (χ0) is 19.4. The van der Waals surface area contributed by atoms with E-state index in [1.54, 1.807) is 0 Å². The van der Waals surface area contributed by atoms with Gasteiger partial charge in [-0.2, -0.15) is 0 Å². The third-order valence-corrected chi connectivity index (χ3v) is 7.28. The Hall–Kier alpha value is -3.78. The second-order valence-electron chi connectivity index (χ2n) is 8.62. The predicted molar refractivity (Wildman–Crippen MR) is 126 cm³/mol. The predicted octanol–water partition coefficient (Wildman–Crippen LogP) is 7.05. The number of allylic oxidation sites excluding steroid dienone is 2. The van der Waals surface area contributed by atoms with Crippen molar-refractivity contribution in [2.45, 2.75) is 12.0 Å². The second kappa shape index (κ2) is 5.03. The van der Waals surface area contributed by atoms with Crippen molar-refractivity contribution in [1.29, 1.82) is 0 Å². The summed E-state index contributed by atoms with van der Waals surface area (Å²) in [4.78, 5) is 6.21. The van der Waals surface area contributed by atoms with Crippen molar-refractivity contribution in [3.8, 4) is 0 Å². The fraction of sp³-hybridized carbons (Fsp3) is 0.0714. The fourth-order valence-electron chi connectivity index (χ4n) is 6.13. The molecule has 3 aliphatic rings. The second-order valence-corrected chi connectivity index (χ2v) is 8.62. The molecule has 0 amide bonds. The van der Waals surface area contributed by atoms with Crippen LogP contribution < -0.4 is 4.90 Å². The number of nitrogens with one attached hydrogen (secondary N) is 1. The van der Waals surface area contributed by atoms with Gasteiger partial charge < -0.3 is 9.88 Å². The third-order valence-electron chi connectivity index (χ3n) is 7.28. The Morgan fingerprint density at radius 2 is 1.60 bits per heavy atom. The minimum atomic E-state index is 0.381. The smallest absolute Gasteiger partial charge is 0.0702 e. The lowest BCUT2D eigenvalue weighted by molar-refractivity contribution is 0.782. The van der Waals surface area contributed by atoms with E-state index < -0.39 is 0 Å². The first kappa shape index (κ1) is 15.1. The van der Waals surface area contributed by atoms with Crippen LogP contribution in [0.3, 0.4) is 0 Å². The van der Waals surface area contributed by atoms with Crippen LogP contribution in [-0.2, 0) is 0 Å². The zero-order valence-electron chi connectivity index (χ0n) is 16.3. The maximum Gasteiger partial charge on any atom is 0.0702 e. The SMILES string of the molecule is C1=CC2c3ccc4c(ccc5[nH]c6ccccc6c54)c3N3c4ccccc4C(=C1)C23. The van der Waals surface area contributed by atoms with E-state index in [9.17, 15) is 0 Å². The molecule has 0 fully saturated rings. The van der Waals surface area contributed by atoms with Gasteiger partial charge in [0.05, 0.1) is 11.7 Å². The molecular weight excluding hydrogens is 364 g/mol. The fourth-order valence-corrected chi connectivity index (χ4v) is 6.13. The summed E-state index contributed by atoms with van der Waals surface area (Å²) in [6.07, 6.45) is 6.94. The van der Waals surface area contributed by atoms with E-state index >= 15 is 0 Å². The lowest BCUT2D eigenvalue weighted by Gasteiger charge is -2.25. The molecule has 0 radical (unpaired) electrons. The number of aromatic nitrogens is 1. The molecule has 1 aromatic heterocycles. The van der Waals surface area contributed by atoms with Gasteiger partial charge in [-0.15, -0.1) is 0 Å². The Kier molecular flexibility index (Phi) is 2.53. The first-order valence-electron chi connectivity index (χ1n) is 10.6. The number of hydrogen-bond acceptors (Lipinski definition) is 1. The molecule has 0 spiro atoms. The quantitative estimate of drug-likeness (QED) is 0.304. The summed E-state index contributed by atoms with van der Waals surface area (Å²) in [7, 11) is 0. The van der Waals surface area contributed by atoms with Crippen LogP contribution in [0.4, 0.5) is 11.4 Å². The number of anilines is 2. The van der Waals surface area contributed by atoms with Gasteiger partial charge >= 0.3 is 0 Å². The molecule has 4 aromatic carbocycles. The van der Waals surface area contributed by atoms with Crippen LogP contribution in [0, 0.1) is 0 Å². The molecule has 0 saturated heterocycles. The summed E-state index contributed by atoms with van der Waals surface area (Å²) in [6, 6.07) is 27.2. The highest BCUT2D eigenvalue weighted by Crippen LogP contribution is 2.59. The lowest BCUT2D eigenvalue weighted by atomic mass is 9.84. The molecule has 0 bridgehead atoms. The molecule has 5 aromatic rings. The molecular formula is C28H18N2. The van der Waals surface area contributed by atoms with Crippen molar-refractivity contribution >= 4 is 49.5 Å². The summed E-state index contributed by atoms with van der Waals surface area (Å²) >= 11 is 0. The maximum atomic E-state index is 3.60. The van der Waals surface area contributed by atoms with Gasteiger partial charge in [-0.25, -0.2) is 0 Å². The number of benzene rings is 4. The average Bonchev–Trinajstić information content (AvgIpc) is 3.45. The molecule has 2 atom stereocenters. The van der Waals surface area contributed by atoms with E-state index in [0.717, 1.165) is 0 Å². The van der Waals surface area contributed by atoms with Gasteiger partial charge in [0, 0.05) is 44.4 Å². The van der Waals surface area contributed by atoms with Gasteiger partial charge in [-0.3, -0.25) is 0 Å². The highest BCUT2D eigenvalue weighted by atomic mass is 15.2. The van der Waals surface area contributed by atoms with Crippen molar-refractivity contribution in [3.63, 3.8) is 0 Å². The Morgan fingerprint density at radius 1 is 0.733 bits per heavy atom. The molecule has 1 aliphatic carbocycles. The van der Waals surface area contributed by atoms with Crippen molar-refractivity contribution < 1.29 is 0 Å². The zero-order valence-corrected chi connectivity index (χ0v) is 16.3. The average molecular weight is 382 g/mol. The van der Waals surface area contributed by atoms with Gasteiger partial charge in [0.25, 0.3) is 0 Å². The van der Waals surface area contributed by atoms with Crippen LogP contribution >= 0.6 is 0 Å². The highest BCUT2D eigenvalue weighted by Gasteiger charge is 2.47. The molecule has 0 saturated carbocycles. The van der Waals surface area contributed by atoms with Crippen LogP contribution in [0.5, 0.6) is 0 Å². The Morgan fingerprint density at radius 3 is 2.60 bits per heavy atom. The van der Waals surface area contributed by atoms with Gasteiger partial charge in [-0.05, 0) is 34.7 Å². The van der Waals surface area contributed by atoms with Crippen molar-refractivity contribution in [2.24, 2.45) is 0 Å². The number of fused-ring (bicyclic) bond motifs is 12. The van der Waals surface area contributed by atoms with Crippen molar-refractivity contribution in [2.75, 3.05) is 4.90 Å². The largest absolute Gasteiger partial charge is 0.354 e. The molecule has 1 N–H and O–H groups in total. The molecule has 2 unspecified atom stereocenters. The van der Waals surface area contributed by atoms with Gasteiger partial charge in [0.1, 0.15) is 0 Å². The topological polar surface area (TPSA) is 19.0 Å². The van der Waals surface area contributed by atoms with E-state index in [-0.39, 0.29) is 0 Å². The molecule has 3 heterocycles. The Bertz CT molecular complexity index is 1610. The van der Waals surface area contributed by atoms with Crippen molar-refractivity contribution in [1.82, 2.24) is 4.98 Å². The first-order chi connectivity index (χ1) is 14.9. The van der Waals surface area contributed by atoms with E-state index in [1.165, 1.54) is 60.7 Å². The minimum Gasteiger partial charge on any atom is -0.354 e. The monoisotopic (exact) mass is 382 g/mol. The Balaban J connectivity index is 1.53. The summed E-state index contributed by atoms with van der Waals surface area (Å²) < 4.78 is 0. The van der Waals surface area contributed by atoms with Gasteiger partial charge in [0.2, 0.25) is 0 Å². The first-order valence-corrected chi connectivity index (χ1v) is 10.6. The van der Waals surface area contributed by atoms with Gasteiger partial charge in [0.15, 0.2) is 0 Å². The van der Waals surface area contributed by atoms with E-state index in [0.29, 0.717) is 12.0 Å². The number of para-hydroxylation sites is 2. The maximum absolute atomic E-state index is 3.60. The van der Waals surface area contributed by atoms with E-state index in [1.807, 2.05) is 0 Å². The lowest BCUT2D eigenvalue weighted by Crippen LogP contribution is -2.26. The molecule has 8 rings (SSSR count). The third kappa shape index (κ3) is 1.60. The van der Waals surface area contributed by atoms with Crippen molar-refractivity contribution in [3.05, 3.63) is 102 Å². The van der Waals surface area contributed by atoms with Crippen LogP contribution in [0.15, 0.2) is 91.0 Å². The number of aromatic amines is 1. The van der Waals surface area contributed by atoms with Crippen LogP contribution in [-0.4, -0.2) is 11.0 Å². The van der Waals surface area contributed by atoms with Crippen LogP contribution in [0.1, 0.15) is 17.0 Å². The summed E-state index contributed by atoms with van der Waals surface area (Å²) in [5, 5.41) is 5.32. The molecule has 140 valence electrons. The molecule has 2 nitrogen and oxygen atoms in total. The van der Waals surface area contributed by atoms with Crippen LogP contribution in [0.25, 0.3) is 38.2 Å². The normalized spacial score (nSPS) is 20.7. The van der Waals surface area contributed by atoms with Gasteiger partial charge in [-0.1, -0.05) is 72.8 Å². The summed E-state index contributed by atoms with van der Waals surface area (Å²) in [5.41, 5.74) is 9.42. The molecule has 2 aliphatic heterocycles. The number of nitrogens with zero attached hydrogens (tertiary/aromatic N) is 1. The summed E-state index contributed by atoms with van der Waals surface area (Å²) in [5.74, 6) is 0.412. The van der Waals surface area contributed by atoms with E-state index in [4.69, 9.17) is 0 Å². The van der Waals surface area contributed by atoms with Crippen LogP contribution in [0.2, 0.25) is 0 Å². The number of H-pyrrole nitrogens is 1. The number of hydrogen-bond donors (Lipinski definition) is 1. The molecule has 2 heteroatoms. The highest BCUT2D eigenvalue weighted by molar-refractivity contribution is 6.23.